The topological polar surface area (TPSA) is 0 Å². The molecule has 1 heterocycles. The minimum atomic E-state index is 1.15. The van der Waals surface area contributed by atoms with Gasteiger partial charge in [-0.2, -0.15) is 0 Å². The van der Waals surface area contributed by atoms with Gasteiger partial charge in [0, 0.05) is 9.58 Å². The summed E-state index contributed by atoms with van der Waals surface area (Å²) in [6.07, 6.45) is 2.40. The zero-order valence-electron chi connectivity index (χ0n) is 11.2. The Hall–Kier alpha value is -0.820. The van der Waals surface area contributed by atoms with Gasteiger partial charge in [0.2, 0.25) is 0 Å². The molecule has 0 saturated heterocycles. The first-order valence-corrected chi connectivity index (χ1v) is 7.10. The van der Waals surface area contributed by atoms with Gasteiger partial charge in [-0.25, -0.2) is 0 Å². The average molecular weight is 236 g/mol. The van der Waals surface area contributed by atoms with Crippen LogP contribution in [0, 0.1) is 0 Å². The standard InChI is InChI=1S/C10H10S.C3H8.C2H6/c1-2-9-7-8-5-3-4-6-10(8)11-9;1-3-2;1-2/h3-7H,2H2,1H3;3H2,1-2H3;1-2H3. The van der Waals surface area contributed by atoms with E-state index < -0.39 is 0 Å². The summed E-state index contributed by atoms with van der Waals surface area (Å²) >= 11 is 1.90. The Morgan fingerprint density at radius 3 is 2.06 bits per heavy atom. The van der Waals surface area contributed by atoms with Crippen LogP contribution in [0.15, 0.2) is 30.3 Å². The molecule has 90 valence electrons. The van der Waals surface area contributed by atoms with Crippen LogP contribution in [-0.4, -0.2) is 0 Å². The van der Waals surface area contributed by atoms with Gasteiger partial charge in [0.15, 0.2) is 0 Å². The molecule has 1 heteroatoms. The summed E-state index contributed by atoms with van der Waals surface area (Å²) in [6.45, 7) is 10.4. The fraction of sp³-hybridized carbons (Fsp3) is 0.467. The second-order valence-corrected chi connectivity index (χ2v) is 4.48. The lowest BCUT2D eigenvalue weighted by Crippen LogP contribution is -1.64. The molecule has 0 aliphatic heterocycles. The molecule has 1 aromatic heterocycles. The van der Waals surface area contributed by atoms with Gasteiger partial charge in [-0.05, 0) is 23.9 Å². The van der Waals surface area contributed by atoms with Crippen LogP contribution in [0.25, 0.3) is 10.1 Å². The molecule has 16 heavy (non-hydrogen) atoms. The Balaban J connectivity index is 0.000000394. The number of benzene rings is 1. The summed E-state index contributed by atoms with van der Waals surface area (Å²) in [5.74, 6) is 0. The first-order valence-electron chi connectivity index (χ1n) is 6.29. The predicted molar refractivity (Wildman–Crippen MR) is 78.5 cm³/mol. The molecule has 0 radical (unpaired) electrons. The van der Waals surface area contributed by atoms with Crippen LogP contribution in [0.2, 0.25) is 0 Å². The Morgan fingerprint density at radius 1 is 1.00 bits per heavy atom. The molecule has 0 bridgehead atoms. The summed E-state index contributed by atoms with van der Waals surface area (Å²) in [6, 6.07) is 10.8. The largest absolute Gasteiger partial charge is 0.140 e. The van der Waals surface area contributed by atoms with E-state index in [0.29, 0.717) is 0 Å². The van der Waals surface area contributed by atoms with E-state index in [4.69, 9.17) is 0 Å². The van der Waals surface area contributed by atoms with E-state index in [9.17, 15) is 0 Å². The van der Waals surface area contributed by atoms with Crippen molar-refractivity contribution in [2.45, 2.75) is 47.5 Å². The van der Waals surface area contributed by atoms with Crippen molar-refractivity contribution in [3.05, 3.63) is 35.2 Å². The van der Waals surface area contributed by atoms with Gasteiger partial charge in [0.1, 0.15) is 0 Å². The summed E-state index contributed by atoms with van der Waals surface area (Å²) in [7, 11) is 0. The van der Waals surface area contributed by atoms with E-state index in [1.165, 1.54) is 21.4 Å². The monoisotopic (exact) mass is 236 g/mol. The second kappa shape index (κ2) is 9.41. The molecule has 0 nitrogen and oxygen atoms in total. The maximum atomic E-state index is 2.28. The fourth-order valence-corrected chi connectivity index (χ4v) is 2.22. The molecular weight excluding hydrogens is 212 g/mol. The molecule has 1 aromatic carbocycles. The molecule has 2 rings (SSSR count). The SMILES string of the molecule is CC.CCC.CCc1cc2ccccc2s1. The molecule has 2 aromatic rings. The quantitative estimate of drug-likeness (QED) is 0.577. The zero-order chi connectivity index (χ0) is 12.4. The van der Waals surface area contributed by atoms with Crippen LogP contribution in [0.4, 0.5) is 0 Å². The van der Waals surface area contributed by atoms with E-state index in [-0.39, 0.29) is 0 Å². The molecule has 0 amide bonds. The van der Waals surface area contributed by atoms with Crippen molar-refractivity contribution in [2.24, 2.45) is 0 Å². The number of aryl methyl sites for hydroxylation is 1. The van der Waals surface area contributed by atoms with Gasteiger partial charge in [0.05, 0.1) is 0 Å². The maximum absolute atomic E-state index is 2.28. The number of rotatable bonds is 1. The highest BCUT2D eigenvalue weighted by Gasteiger charge is 1.96. The van der Waals surface area contributed by atoms with Crippen LogP contribution >= 0.6 is 11.3 Å². The summed E-state index contributed by atoms with van der Waals surface area (Å²) in [5.41, 5.74) is 0. The van der Waals surface area contributed by atoms with E-state index in [1.54, 1.807) is 0 Å². The molecular formula is C15H24S. The predicted octanol–water partition coefficient (Wildman–Crippen LogP) is 5.91. The highest BCUT2D eigenvalue weighted by atomic mass is 32.1. The molecule has 0 unspecified atom stereocenters. The van der Waals surface area contributed by atoms with Gasteiger partial charge in [-0.1, -0.05) is 59.2 Å². The van der Waals surface area contributed by atoms with Gasteiger partial charge in [-0.15, -0.1) is 11.3 Å². The van der Waals surface area contributed by atoms with E-state index in [0.717, 1.165) is 6.42 Å². The van der Waals surface area contributed by atoms with Gasteiger partial charge < -0.3 is 0 Å². The molecule has 0 spiro atoms. The van der Waals surface area contributed by atoms with Crippen LogP contribution in [0.5, 0.6) is 0 Å². The lowest BCUT2D eigenvalue weighted by atomic mass is 10.2. The molecule has 0 aliphatic rings. The number of thiophene rings is 1. The van der Waals surface area contributed by atoms with Crippen LogP contribution in [0.1, 0.15) is 45.9 Å². The molecule has 0 fully saturated rings. The van der Waals surface area contributed by atoms with Gasteiger partial charge in [-0.3, -0.25) is 0 Å². The second-order valence-electron chi connectivity index (χ2n) is 3.31. The van der Waals surface area contributed by atoms with Crippen molar-refractivity contribution in [3.63, 3.8) is 0 Å². The van der Waals surface area contributed by atoms with E-state index in [2.05, 4.69) is 51.1 Å². The minimum absolute atomic E-state index is 1.15. The maximum Gasteiger partial charge on any atom is 0.0345 e. The van der Waals surface area contributed by atoms with Crippen molar-refractivity contribution >= 4 is 21.4 Å². The Morgan fingerprint density at radius 2 is 1.56 bits per heavy atom. The minimum Gasteiger partial charge on any atom is -0.140 e. The van der Waals surface area contributed by atoms with Crippen molar-refractivity contribution < 1.29 is 0 Å². The summed E-state index contributed by atoms with van der Waals surface area (Å²) in [4.78, 5) is 1.48. The van der Waals surface area contributed by atoms with E-state index in [1.807, 2.05) is 25.2 Å². The first-order chi connectivity index (χ1) is 7.81. The smallest absolute Gasteiger partial charge is 0.0345 e. The van der Waals surface area contributed by atoms with Crippen LogP contribution in [-0.2, 0) is 6.42 Å². The normalized spacial score (nSPS) is 8.81. The Labute approximate surface area is 104 Å². The highest BCUT2D eigenvalue weighted by Crippen LogP contribution is 2.25. The van der Waals surface area contributed by atoms with Crippen LogP contribution < -0.4 is 0 Å². The lowest BCUT2D eigenvalue weighted by Gasteiger charge is -1.82. The third-order valence-electron chi connectivity index (χ3n) is 1.83. The van der Waals surface area contributed by atoms with E-state index >= 15 is 0 Å². The summed E-state index contributed by atoms with van der Waals surface area (Å²) < 4.78 is 1.41. The van der Waals surface area contributed by atoms with Crippen molar-refractivity contribution in [1.82, 2.24) is 0 Å². The lowest BCUT2D eigenvalue weighted by molar-refractivity contribution is 1.09. The van der Waals surface area contributed by atoms with Crippen molar-refractivity contribution in [3.8, 4) is 0 Å². The third kappa shape index (κ3) is 4.80. The Bertz CT molecular complexity index is 341. The molecule has 0 saturated carbocycles. The average Bonchev–Trinajstić information content (AvgIpc) is 2.75. The van der Waals surface area contributed by atoms with Gasteiger partial charge >= 0.3 is 0 Å². The van der Waals surface area contributed by atoms with Crippen LogP contribution in [0.3, 0.4) is 0 Å². The van der Waals surface area contributed by atoms with Crippen molar-refractivity contribution in [2.75, 3.05) is 0 Å². The number of fused-ring (bicyclic) bond motifs is 1. The number of hydrogen-bond donors (Lipinski definition) is 0. The summed E-state index contributed by atoms with van der Waals surface area (Å²) in [5, 5.41) is 1.38. The third-order valence-corrected chi connectivity index (χ3v) is 3.09. The number of hydrogen-bond acceptors (Lipinski definition) is 1. The van der Waals surface area contributed by atoms with Gasteiger partial charge in [0.25, 0.3) is 0 Å². The molecule has 0 aliphatic carbocycles. The first kappa shape index (κ1) is 15.2. The molecule has 0 atom stereocenters. The van der Waals surface area contributed by atoms with Crippen molar-refractivity contribution in [1.29, 1.82) is 0 Å². The Kier molecular flexibility index (Phi) is 8.93. The highest BCUT2D eigenvalue weighted by molar-refractivity contribution is 7.19. The molecule has 0 N–H and O–H groups in total. The fourth-order valence-electron chi connectivity index (χ4n) is 1.21. The zero-order valence-corrected chi connectivity index (χ0v) is 12.0.